The molecule has 0 aliphatic heterocycles. The van der Waals surface area contributed by atoms with Gasteiger partial charge in [0.15, 0.2) is 0 Å². The predicted octanol–water partition coefficient (Wildman–Crippen LogP) is 3.91. The zero-order valence-electron chi connectivity index (χ0n) is 13.5. The molecule has 1 unspecified atom stereocenters. The summed E-state index contributed by atoms with van der Waals surface area (Å²) in [5.74, 6) is -0.283. The highest BCUT2D eigenvalue weighted by atomic mass is 19.1. The number of hydrogen-bond acceptors (Lipinski definition) is 1. The van der Waals surface area contributed by atoms with Gasteiger partial charge in [-0.2, -0.15) is 0 Å². The van der Waals surface area contributed by atoms with Crippen LogP contribution in [0, 0.1) is 5.82 Å². The molecule has 0 aliphatic carbocycles. The van der Waals surface area contributed by atoms with Crippen LogP contribution in [0.5, 0.6) is 0 Å². The smallest absolute Gasteiger partial charge is 0.315 e. The Morgan fingerprint density at radius 3 is 2.71 bits per heavy atom. The number of fused-ring (bicyclic) bond motifs is 1. The Morgan fingerprint density at radius 1 is 1.17 bits per heavy atom. The molecule has 2 aromatic carbocycles. The van der Waals surface area contributed by atoms with Crippen LogP contribution in [-0.4, -0.2) is 17.6 Å². The second kappa shape index (κ2) is 7.17. The molecule has 2 amide bonds. The van der Waals surface area contributed by atoms with Crippen molar-refractivity contribution in [3.05, 3.63) is 71.7 Å². The summed E-state index contributed by atoms with van der Waals surface area (Å²) in [7, 11) is 0. The molecule has 0 fully saturated rings. The van der Waals surface area contributed by atoms with Crippen LogP contribution in [-0.2, 0) is 6.42 Å². The molecule has 0 radical (unpaired) electrons. The zero-order chi connectivity index (χ0) is 16.9. The number of para-hydroxylation sites is 1. The van der Waals surface area contributed by atoms with Crippen LogP contribution < -0.4 is 10.6 Å². The number of hydrogen-bond donors (Lipinski definition) is 3. The lowest BCUT2D eigenvalue weighted by atomic mass is 10.1. The molecule has 4 nitrogen and oxygen atoms in total. The van der Waals surface area contributed by atoms with Crippen molar-refractivity contribution in [2.75, 3.05) is 6.54 Å². The van der Waals surface area contributed by atoms with E-state index in [0.29, 0.717) is 6.54 Å². The van der Waals surface area contributed by atoms with Crippen molar-refractivity contribution in [2.24, 2.45) is 0 Å². The summed E-state index contributed by atoms with van der Waals surface area (Å²) in [5, 5.41) is 6.89. The number of nitrogens with one attached hydrogen (secondary N) is 3. The number of halogens is 1. The first-order valence-corrected chi connectivity index (χ1v) is 7.98. The number of aromatic amines is 1. The molecule has 24 heavy (non-hydrogen) atoms. The Bertz CT molecular complexity index is 826. The molecule has 5 heteroatoms. The second-order valence-corrected chi connectivity index (χ2v) is 5.78. The third-order valence-electron chi connectivity index (χ3n) is 4.07. The Kier molecular flexibility index (Phi) is 4.79. The summed E-state index contributed by atoms with van der Waals surface area (Å²) in [6, 6.07) is 13.8. The molecule has 1 aromatic heterocycles. The Hall–Kier alpha value is -2.82. The number of aromatic nitrogens is 1. The average molecular weight is 325 g/mol. The van der Waals surface area contributed by atoms with Crippen LogP contribution in [0.4, 0.5) is 9.18 Å². The standard InChI is InChI=1S/C19H20FN3O/c1-13(14-6-8-16(20)9-7-14)23-19(24)21-11-10-15-12-22-18-5-3-2-4-17(15)18/h2-9,12-13,22H,10-11H2,1H3,(H2,21,23,24). The van der Waals surface area contributed by atoms with Crippen LogP contribution >= 0.6 is 0 Å². The fourth-order valence-corrected chi connectivity index (χ4v) is 2.73. The van der Waals surface area contributed by atoms with E-state index in [1.165, 1.54) is 23.1 Å². The first kappa shape index (κ1) is 16.1. The van der Waals surface area contributed by atoms with E-state index in [-0.39, 0.29) is 17.9 Å². The molecule has 3 aromatic rings. The third-order valence-corrected chi connectivity index (χ3v) is 4.07. The topological polar surface area (TPSA) is 56.9 Å². The summed E-state index contributed by atoms with van der Waals surface area (Å²) < 4.78 is 12.9. The Balaban J connectivity index is 1.49. The van der Waals surface area contributed by atoms with E-state index in [1.54, 1.807) is 12.1 Å². The van der Waals surface area contributed by atoms with E-state index >= 15 is 0 Å². The summed E-state index contributed by atoms with van der Waals surface area (Å²) >= 11 is 0. The minimum Gasteiger partial charge on any atom is -0.361 e. The molecular formula is C19H20FN3O. The van der Waals surface area contributed by atoms with Crippen LogP contribution in [0.15, 0.2) is 54.7 Å². The maximum absolute atomic E-state index is 12.9. The largest absolute Gasteiger partial charge is 0.361 e. The fraction of sp³-hybridized carbons (Fsp3) is 0.211. The number of H-pyrrole nitrogens is 1. The van der Waals surface area contributed by atoms with Crippen LogP contribution in [0.25, 0.3) is 10.9 Å². The molecule has 1 heterocycles. The first-order chi connectivity index (χ1) is 11.6. The Labute approximate surface area is 140 Å². The highest BCUT2D eigenvalue weighted by molar-refractivity contribution is 5.83. The molecule has 124 valence electrons. The molecule has 1 atom stereocenters. The second-order valence-electron chi connectivity index (χ2n) is 5.78. The maximum atomic E-state index is 12.9. The van der Waals surface area contributed by atoms with E-state index in [1.807, 2.05) is 31.3 Å². The summed E-state index contributed by atoms with van der Waals surface area (Å²) in [5.41, 5.74) is 3.14. The van der Waals surface area contributed by atoms with Gasteiger partial charge in [0.05, 0.1) is 6.04 Å². The first-order valence-electron chi connectivity index (χ1n) is 7.98. The van der Waals surface area contributed by atoms with E-state index in [0.717, 1.165) is 17.5 Å². The molecule has 0 aliphatic rings. The maximum Gasteiger partial charge on any atom is 0.315 e. The lowest BCUT2D eigenvalue weighted by molar-refractivity contribution is 0.238. The van der Waals surface area contributed by atoms with Gasteiger partial charge in [0.2, 0.25) is 0 Å². The van der Waals surface area contributed by atoms with Crippen molar-refractivity contribution in [2.45, 2.75) is 19.4 Å². The normalized spacial score (nSPS) is 12.1. The van der Waals surface area contributed by atoms with Gasteiger partial charge in [0, 0.05) is 23.6 Å². The third kappa shape index (κ3) is 3.74. The number of rotatable bonds is 5. The van der Waals surface area contributed by atoms with Gasteiger partial charge >= 0.3 is 6.03 Å². The van der Waals surface area contributed by atoms with Gasteiger partial charge < -0.3 is 15.6 Å². The van der Waals surface area contributed by atoms with Gasteiger partial charge in [-0.3, -0.25) is 0 Å². The van der Waals surface area contributed by atoms with Gasteiger partial charge in [-0.25, -0.2) is 9.18 Å². The summed E-state index contributed by atoms with van der Waals surface area (Å²) in [6.07, 6.45) is 2.73. The van der Waals surface area contributed by atoms with Gasteiger partial charge in [-0.1, -0.05) is 30.3 Å². The summed E-state index contributed by atoms with van der Waals surface area (Å²) in [6.45, 7) is 2.41. The minimum absolute atomic E-state index is 0.182. The lowest BCUT2D eigenvalue weighted by Crippen LogP contribution is -2.38. The Morgan fingerprint density at radius 2 is 1.92 bits per heavy atom. The number of amides is 2. The molecule has 3 rings (SSSR count). The molecule has 0 spiro atoms. The number of carbonyl (C=O) groups is 1. The van der Waals surface area contributed by atoms with Crippen molar-refractivity contribution in [1.29, 1.82) is 0 Å². The predicted molar refractivity (Wildman–Crippen MR) is 93.4 cm³/mol. The van der Waals surface area contributed by atoms with Crippen molar-refractivity contribution < 1.29 is 9.18 Å². The van der Waals surface area contributed by atoms with Crippen molar-refractivity contribution >= 4 is 16.9 Å². The van der Waals surface area contributed by atoms with Crippen molar-refractivity contribution in [3.8, 4) is 0 Å². The lowest BCUT2D eigenvalue weighted by Gasteiger charge is -2.15. The van der Waals surface area contributed by atoms with Crippen LogP contribution in [0.3, 0.4) is 0 Å². The van der Waals surface area contributed by atoms with Crippen molar-refractivity contribution in [3.63, 3.8) is 0 Å². The molecule has 3 N–H and O–H groups in total. The van der Waals surface area contributed by atoms with Gasteiger partial charge in [0.25, 0.3) is 0 Å². The molecular weight excluding hydrogens is 305 g/mol. The van der Waals surface area contributed by atoms with Gasteiger partial charge in [0.1, 0.15) is 5.82 Å². The van der Waals surface area contributed by atoms with E-state index < -0.39 is 0 Å². The van der Waals surface area contributed by atoms with Crippen LogP contribution in [0.2, 0.25) is 0 Å². The van der Waals surface area contributed by atoms with E-state index in [4.69, 9.17) is 0 Å². The number of carbonyl (C=O) groups excluding carboxylic acids is 1. The highest BCUT2D eigenvalue weighted by Gasteiger charge is 2.09. The molecule has 0 bridgehead atoms. The molecule has 0 saturated carbocycles. The van der Waals surface area contributed by atoms with Gasteiger partial charge in [-0.15, -0.1) is 0 Å². The monoisotopic (exact) mass is 325 g/mol. The van der Waals surface area contributed by atoms with Gasteiger partial charge in [-0.05, 0) is 42.7 Å². The SMILES string of the molecule is CC(NC(=O)NCCc1c[nH]c2ccccc12)c1ccc(F)cc1. The summed E-state index contributed by atoms with van der Waals surface area (Å²) in [4.78, 5) is 15.2. The zero-order valence-corrected chi connectivity index (χ0v) is 13.5. The molecule has 0 saturated heterocycles. The quantitative estimate of drug-likeness (QED) is 0.654. The number of benzene rings is 2. The number of urea groups is 1. The fourth-order valence-electron chi connectivity index (χ4n) is 2.73. The average Bonchev–Trinajstić information content (AvgIpc) is 2.99. The van der Waals surface area contributed by atoms with Crippen LogP contribution in [0.1, 0.15) is 24.1 Å². The van der Waals surface area contributed by atoms with E-state index in [9.17, 15) is 9.18 Å². The van der Waals surface area contributed by atoms with Crippen molar-refractivity contribution in [1.82, 2.24) is 15.6 Å². The van der Waals surface area contributed by atoms with E-state index in [2.05, 4.69) is 21.7 Å². The minimum atomic E-state index is -0.283. The highest BCUT2D eigenvalue weighted by Crippen LogP contribution is 2.17.